The van der Waals surface area contributed by atoms with Gasteiger partial charge in [0.2, 0.25) is 0 Å². The SMILES string of the molecule is CNCc1cc(-c2cccc(Cl)c2)n(C)n1. The van der Waals surface area contributed by atoms with Crippen LogP contribution in [-0.2, 0) is 13.6 Å². The number of halogens is 1. The van der Waals surface area contributed by atoms with Crippen LogP contribution in [0.5, 0.6) is 0 Å². The minimum atomic E-state index is 0.744. The van der Waals surface area contributed by atoms with Crippen molar-refractivity contribution in [2.45, 2.75) is 6.54 Å². The maximum absolute atomic E-state index is 5.97. The number of aromatic nitrogens is 2. The van der Waals surface area contributed by atoms with E-state index in [1.54, 1.807) is 0 Å². The maximum Gasteiger partial charge on any atom is 0.0768 e. The molecular weight excluding hydrogens is 222 g/mol. The molecule has 1 aromatic carbocycles. The topological polar surface area (TPSA) is 29.9 Å². The summed E-state index contributed by atoms with van der Waals surface area (Å²) in [6.07, 6.45) is 0. The molecule has 0 spiro atoms. The van der Waals surface area contributed by atoms with E-state index in [4.69, 9.17) is 11.6 Å². The lowest BCUT2D eigenvalue weighted by atomic mass is 10.1. The molecule has 0 saturated carbocycles. The Balaban J connectivity index is 2.40. The average Bonchev–Trinajstić information content (AvgIpc) is 2.60. The van der Waals surface area contributed by atoms with Crippen LogP contribution in [0.2, 0.25) is 5.02 Å². The molecule has 0 saturated heterocycles. The molecule has 0 atom stereocenters. The van der Waals surface area contributed by atoms with E-state index >= 15 is 0 Å². The van der Waals surface area contributed by atoms with Gasteiger partial charge in [-0.05, 0) is 25.2 Å². The maximum atomic E-state index is 5.97. The molecule has 2 aromatic rings. The third kappa shape index (κ3) is 2.26. The molecule has 1 N–H and O–H groups in total. The Morgan fingerprint density at radius 3 is 2.88 bits per heavy atom. The Morgan fingerprint density at radius 2 is 2.19 bits per heavy atom. The third-order valence-electron chi connectivity index (χ3n) is 2.41. The number of nitrogens with one attached hydrogen (secondary N) is 1. The fraction of sp³-hybridized carbons (Fsp3) is 0.250. The van der Waals surface area contributed by atoms with E-state index in [2.05, 4.69) is 16.5 Å². The Labute approximate surface area is 100 Å². The van der Waals surface area contributed by atoms with Crippen molar-refractivity contribution in [1.82, 2.24) is 15.1 Å². The largest absolute Gasteiger partial charge is 0.314 e. The molecule has 1 heterocycles. The highest BCUT2D eigenvalue weighted by Gasteiger charge is 2.06. The van der Waals surface area contributed by atoms with Crippen LogP contribution in [0, 0.1) is 0 Å². The van der Waals surface area contributed by atoms with Crippen molar-refractivity contribution >= 4 is 11.6 Å². The summed E-state index contributed by atoms with van der Waals surface area (Å²) < 4.78 is 1.87. The number of hydrogen-bond acceptors (Lipinski definition) is 2. The van der Waals surface area contributed by atoms with Crippen LogP contribution in [0.3, 0.4) is 0 Å². The van der Waals surface area contributed by atoms with Crippen LogP contribution in [0.15, 0.2) is 30.3 Å². The highest BCUT2D eigenvalue weighted by atomic mass is 35.5. The van der Waals surface area contributed by atoms with Gasteiger partial charge < -0.3 is 5.32 Å². The molecule has 0 aliphatic rings. The van der Waals surface area contributed by atoms with Crippen LogP contribution in [0.25, 0.3) is 11.3 Å². The summed E-state index contributed by atoms with van der Waals surface area (Å²) in [7, 11) is 3.85. The Bertz CT molecular complexity index is 491. The van der Waals surface area contributed by atoms with Crippen LogP contribution in [-0.4, -0.2) is 16.8 Å². The summed E-state index contributed by atoms with van der Waals surface area (Å²) in [5, 5.41) is 8.25. The number of nitrogens with zero attached hydrogens (tertiary/aromatic N) is 2. The molecule has 1 aromatic heterocycles. The van der Waals surface area contributed by atoms with Crippen molar-refractivity contribution in [3.05, 3.63) is 41.0 Å². The molecule has 16 heavy (non-hydrogen) atoms. The zero-order valence-corrected chi connectivity index (χ0v) is 10.1. The molecule has 0 aliphatic carbocycles. The van der Waals surface area contributed by atoms with E-state index < -0.39 is 0 Å². The first kappa shape index (κ1) is 11.2. The summed E-state index contributed by atoms with van der Waals surface area (Å²) in [5.41, 5.74) is 3.19. The van der Waals surface area contributed by atoms with E-state index in [1.807, 2.05) is 43.0 Å². The van der Waals surface area contributed by atoms with Gasteiger partial charge in [0, 0.05) is 24.2 Å². The number of benzene rings is 1. The second-order valence-electron chi connectivity index (χ2n) is 3.69. The Kier molecular flexibility index (Phi) is 3.27. The third-order valence-corrected chi connectivity index (χ3v) is 2.64. The van der Waals surface area contributed by atoms with Gasteiger partial charge in [0.1, 0.15) is 0 Å². The standard InChI is InChI=1S/C12H14ClN3/c1-14-8-11-7-12(16(2)15-11)9-4-3-5-10(13)6-9/h3-7,14H,8H2,1-2H3. The Morgan fingerprint density at radius 1 is 1.38 bits per heavy atom. The van der Waals surface area contributed by atoms with Crippen molar-refractivity contribution in [3.63, 3.8) is 0 Å². The fourth-order valence-corrected chi connectivity index (χ4v) is 1.90. The summed E-state index contributed by atoms with van der Waals surface area (Å²) in [4.78, 5) is 0. The van der Waals surface area contributed by atoms with Gasteiger partial charge in [-0.3, -0.25) is 4.68 Å². The highest BCUT2D eigenvalue weighted by molar-refractivity contribution is 6.30. The molecule has 0 amide bonds. The average molecular weight is 236 g/mol. The number of hydrogen-bond donors (Lipinski definition) is 1. The molecule has 84 valence electrons. The van der Waals surface area contributed by atoms with Crippen LogP contribution in [0.1, 0.15) is 5.69 Å². The quantitative estimate of drug-likeness (QED) is 0.886. The minimum absolute atomic E-state index is 0.744. The van der Waals surface area contributed by atoms with Gasteiger partial charge in [-0.25, -0.2) is 0 Å². The lowest BCUT2D eigenvalue weighted by Gasteiger charge is -2.01. The van der Waals surface area contributed by atoms with Gasteiger partial charge in [0.15, 0.2) is 0 Å². The zero-order chi connectivity index (χ0) is 11.5. The van der Waals surface area contributed by atoms with Crippen molar-refractivity contribution < 1.29 is 0 Å². The lowest BCUT2D eigenvalue weighted by molar-refractivity contribution is 0.716. The summed E-state index contributed by atoms with van der Waals surface area (Å²) in [5.74, 6) is 0. The van der Waals surface area contributed by atoms with E-state index in [-0.39, 0.29) is 0 Å². The van der Waals surface area contributed by atoms with Crippen molar-refractivity contribution in [1.29, 1.82) is 0 Å². The smallest absolute Gasteiger partial charge is 0.0768 e. The zero-order valence-electron chi connectivity index (χ0n) is 9.37. The van der Waals surface area contributed by atoms with Gasteiger partial charge in [0.05, 0.1) is 11.4 Å². The molecule has 3 nitrogen and oxygen atoms in total. The fourth-order valence-electron chi connectivity index (χ4n) is 1.71. The monoisotopic (exact) mass is 235 g/mol. The first-order valence-electron chi connectivity index (χ1n) is 5.14. The van der Waals surface area contributed by atoms with E-state index in [1.165, 1.54) is 0 Å². The molecule has 0 aliphatic heterocycles. The highest BCUT2D eigenvalue weighted by Crippen LogP contribution is 2.22. The molecule has 0 fully saturated rings. The van der Waals surface area contributed by atoms with Gasteiger partial charge in [0.25, 0.3) is 0 Å². The van der Waals surface area contributed by atoms with Crippen LogP contribution in [0.4, 0.5) is 0 Å². The number of rotatable bonds is 3. The minimum Gasteiger partial charge on any atom is -0.314 e. The molecule has 4 heteroatoms. The van der Waals surface area contributed by atoms with Gasteiger partial charge in [-0.2, -0.15) is 5.10 Å². The summed E-state index contributed by atoms with van der Waals surface area (Å²) >= 11 is 5.97. The predicted octanol–water partition coefficient (Wildman–Crippen LogP) is 2.46. The first-order chi connectivity index (χ1) is 7.70. The van der Waals surface area contributed by atoms with E-state index in [0.29, 0.717) is 0 Å². The normalized spacial score (nSPS) is 10.7. The van der Waals surface area contributed by atoms with Crippen molar-refractivity contribution in [2.75, 3.05) is 7.05 Å². The van der Waals surface area contributed by atoms with Crippen molar-refractivity contribution in [2.24, 2.45) is 7.05 Å². The van der Waals surface area contributed by atoms with Gasteiger partial charge >= 0.3 is 0 Å². The summed E-state index contributed by atoms with van der Waals surface area (Å²) in [6.45, 7) is 0.772. The first-order valence-corrected chi connectivity index (χ1v) is 5.52. The lowest BCUT2D eigenvalue weighted by Crippen LogP contribution is -2.05. The molecule has 0 radical (unpaired) electrons. The summed E-state index contributed by atoms with van der Waals surface area (Å²) in [6, 6.07) is 9.87. The van der Waals surface area contributed by atoms with E-state index in [9.17, 15) is 0 Å². The molecule has 2 rings (SSSR count). The number of aryl methyl sites for hydroxylation is 1. The van der Waals surface area contributed by atoms with Crippen molar-refractivity contribution in [3.8, 4) is 11.3 Å². The molecule has 0 unspecified atom stereocenters. The van der Waals surface area contributed by atoms with Crippen LogP contribution < -0.4 is 5.32 Å². The van der Waals surface area contributed by atoms with Crippen LogP contribution >= 0.6 is 11.6 Å². The molecular formula is C12H14ClN3. The molecule has 0 bridgehead atoms. The predicted molar refractivity (Wildman–Crippen MR) is 66.4 cm³/mol. The van der Waals surface area contributed by atoms with E-state index in [0.717, 1.165) is 28.5 Å². The second kappa shape index (κ2) is 4.68. The second-order valence-corrected chi connectivity index (χ2v) is 4.12. The van der Waals surface area contributed by atoms with Gasteiger partial charge in [-0.1, -0.05) is 23.7 Å². The Hall–Kier alpha value is -1.32. The van der Waals surface area contributed by atoms with Gasteiger partial charge in [-0.15, -0.1) is 0 Å².